The van der Waals surface area contributed by atoms with Gasteiger partial charge in [-0.25, -0.2) is 18.5 Å². The summed E-state index contributed by atoms with van der Waals surface area (Å²) in [6.07, 6.45) is -5.70. The molecule has 166 valence electrons. The molecule has 1 aromatic heterocycles. The highest BCUT2D eigenvalue weighted by molar-refractivity contribution is 7.66. The molecule has 1 fully saturated rings. The zero-order valence-corrected chi connectivity index (χ0v) is 16.5. The van der Waals surface area contributed by atoms with Gasteiger partial charge in [-0.3, -0.25) is 18.9 Å². The van der Waals surface area contributed by atoms with Gasteiger partial charge in [-0.2, -0.15) is 8.62 Å². The first kappa shape index (κ1) is 24.2. The lowest BCUT2D eigenvalue weighted by Gasteiger charge is -2.19. The second-order valence-corrected chi connectivity index (χ2v) is 9.87. The average molecular weight is 485 g/mol. The molecule has 7 N–H and O–H groups in total. The molecule has 6 atom stereocenters. The van der Waals surface area contributed by atoms with Crippen molar-refractivity contribution >= 4 is 23.5 Å². The molecule has 0 saturated carbocycles. The van der Waals surface area contributed by atoms with Crippen molar-refractivity contribution in [3.05, 3.63) is 33.1 Å². The largest absolute Gasteiger partial charge is 0.490 e. The molecule has 2 heterocycles. The summed E-state index contributed by atoms with van der Waals surface area (Å²) in [6, 6.07) is 0.920. The summed E-state index contributed by atoms with van der Waals surface area (Å²) in [5.74, 6) is 0. The maximum Gasteiger partial charge on any atom is 0.490 e. The Morgan fingerprint density at radius 3 is 2.21 bits per heavy atom. The van der Waals surface area contributed by atoms with Gasteiger partial charge in [0.25, 0.3) is 5.56 Å². The van der Waals surface area contributed by atoms with E-state index in [2.05, 4.69) is 13.1 Å². The molecule has 1 aliphatic heterocycles. The third kappa shape index (κ3) is 6.73. The number of H-pyrrole nitrogens is 1. The van der Waals surface area contributed by atoms with Gasteiger partial charge in [0, 0.05) is 12.3 Å². The van der Waals surface area contributed by atoms with Crippen molar-refractivity contribution in [3.8, 4) is 0 Å². The van der Waals surface area contributed by atoms with Crippen molar-refractivity contribution < 1.29 is 61.4 Å². The quantitative estimate of drug-likeness (QED) is 0.188. The first-order chi connectivity index (χ1) is 13.1. The van der Waals surface area contributed by atoms with Crippen LogP contribution in [0.25, 0.3) is 0 Å². The zero-order chi connectivity index (χ0) is 22.2. The van der Waals surface area contributed by atoms with Gasteiger partial charge < -0.3 is 34.5 Å². The molecule has 0 aromatic carbocycles. The average Bonchev–Trinajstić information content (AvgIpc) is 2.78. The van der Waals surface area contributed by atoms with Crippen molar-refractivity contribution in [3.63, 3.8) is 0 Å². The smallest absolute Gasteiger partial charge is 0.387 e. The van der Waals surface area contributed by atoms with E-state index in [9.17, 15) is 38.4 Å². The fourth-order valence-corrected chi connectivity index (χ4v) is 5.23. The molecule has 1 aliphatic rings. The van der Waals surface area contributed by atoms with Gasteiger partial charge in [0.05, 0.1) is 6.61 Å². The van der Waals surface area contributed by atoms with Crippen LogP contribution in [0.4, 0.5) is 0 Å². The maximum absolute atomic E-state index is 11.7. The van der Waals surface area contributed by atoms with Gasteiger partial charge in [-0.1, -0.05) is 0 Å². The van der Waals surface area contributed by atoms with Crippen LogP contribution in [0.1, 0.15) is 6.23 Å². The van der Waals surface area contributed by atoms with E-state index in [1.54, 1.807) is 0 Å². The summed E-state index contributed by atoms with van der Waals surface area (Å²) in [4.78, 5) is 59.9. The van der Waals surface area contributed by atoms with Crippen LogP contribution >= 0.6 is 23.5 Å². The van der Waals surface area contributed by atoms with Crippen LogP contribution in [0, 0.1) is 0 Å². The first-order valence-electron chi connectivity index (χ1n) is 7.22. The summed E-state index contributed by atoms with van der Waals surface area (Å²) in [5.41, 5.74) is -1.74. The molecule has 0 radical (unpaired) electrons. The Morgan fingerprint density at radius 1 is 1.03 bits per heavy atom. The molecule has 29 heavy (non-hydrogen) atoms. The van der Waals surface area contributed by atoms with Crippen molar-refractivity contribution in [1.29, 1.82) is 0 Å². The van der Waals surface area contributed by atoms with Gasteiger partial charge in [-0.15, -0.1) is 0 Å². The number of ether oxygens (including phenoxy) is 1. The third-order valence-corrected chi connectivity index (χ3v) is 7.08. The lowest BCUT2D eigenvalue weighted by Crippen LogP contribution is -2.37. The van der Waals surface area contributed by atoms with Crippen molar-refractivity contribution in [1.82, 2.24) is 9.55 Å². The van der Waals surface area contributed by atoms with E-state index in [0.717, 1.165) is 12.3 Å². The Labute approximate surface area is 159 Å². The Hall–Kier alpha value is -1.03. The lowest BCUT2D eigenvalue weighted by molar-refractivity contribution is -0.0542. The number of hydrogen-bond acceptors (Lipinski definition) is 11. The Kier molecular flexibility index (Phi) is 7.20. The number of aliphatic hydroxyl groups is 2. The van der Waals surface area contributed by atoms with Gasteiger partial charge in [0.1, 0.15) is 18.3 Å². The fourth-order valence-electron chi connectivity index (χ4n) is 2.20. The van der Waals surface area contributed by atoms with Gasteiger partial charge in [0.15, 0.2) is 6.23 Å². The van der Waals surface area contributed by atoms with Crippen LogP contribution in [0.2, 0.25) is 0 Å². The number of aliphatic hydroxyl groups excluding tert-OH is 2. The van der Waals surface area contributed by atoms with E-state index in [1.807, 2.05) is 4.98 Å². The summed E-state index contributed by atoms with van der Waals surface area (Å²) >= 11 is 0. The predicted molar refractivity (Wildman–Crippen MR) is 87.1 cm³/mol. The van der Waals surface area contributed by atoms with E-state index in [0.29, 0.717) is 4.57 Å². The van der Waals surface area contributed by atoms with Crippen molar-refractivity contribution in [2.45, 2.75) is 24.5 Å². The molecule has 0 bridgehead atoms. The number of phosphoric ester groups is 1. The highest BCUT2D eigenvalue weighted by atomic mass is 32.2. The molecule has 0 spiro atoms. The number of rotatable bonds is 8. The number of nitrogens with zero attached hydrogens (tertiary/aromatic N) is 1. The minimum Gasteiger partial charge on any atom is -0.387 e. The monoisotopic (exact) mass is 485 g/mol. The van der Waals surface area contributed by atoms with Gasteiger partial charge >= 0.3 is 29.2 Å². The van der Waals surface area contributed by atoms with Crippen molar-refractivity contribution in [2.75, 3.05) is 6.61 Å². The Morgan fingerprint density at radius 2 is 1.66 bits per heavy atom. The molecule has 1 saturated heterocycles. The molecule has 0 amide bonds. The molecule has 2 unspecified atom stereocenters. The molecule has 20 heteroatoms. The number of aromatic amines is 1. The Balaban J connectivity index is 2.06. The van der Waals surface area contributed by atoms with Crippen LogP contribution < -0.4 is 11.2 Å². The minimum absolute atomic E-state index is 0.708. The minimum atomic E-state index is -5.73. The second kappa shape index (κ2) is 8.61. The Bertz CT molecular complexity index is 997. The number of aromatic nitrogens is 2. The topological polar surface area (TPSA) is 264 Å². The number of hydrogen-bond donors (Lipinski definition) is 7. The molecular formula is C9H15N2O15P3. The number of nitrogens with one attached hydrogen (secondary N) is 1. The van der Waals surface area contributed by atoms with Gasteiger partial charge in [-0.05, 0) is 0 Å². The third-order valence-electron chi connectivity index (χ3n) is 3.28. The van der Waals surface area contributed by atoms with Gasteiger partial charge in [0.2, 0.25) is 0 Å². The molecule has 0 aliphatic carbocycles. The van der Waals surface area contributed by atoms with Crippen LogP contribution in [0.5, 0.6) is 0 Å². The van der Waals surface area contributed by atoms with Crippen LogP contribution in [0.15, 0.2) is 21.9 Å². The standard InChI is InChI=1S/C9H15N2O15P3/c12-5-1-2-11(9(15)10-5)8-7(14)6(13)4(24-8)3-23-28(19,20)26-29(21,22)25-27(16,17)18/h1-2,4,6-8,13-14H,3H2,(H,19,20)(H,21,22)(H,10,12,15)(H2,16,17,18)/t4-,6-,7-,8-/m1/s1/i27+1. The molecule has 17 nitrogen and oxygen atoms in total. The summed E-state index contributed by atoms with van der Waals surface area (Å²) in [7, 11) is -16.8. The first-order valence-corrected chi connectivity index (χ1v) is 11.7. The van der Waals surface area contributed by atoms with E-state index in [4.69, 9.17) is 19.4 Å². The molecule has 1 aromatic rings. The predicted octanol–water partition coefficient (Wildman–Crippen LogP) is -2.50. The van der Waals surface area contributed by atoms with E-state index in [1.165, 1.54) is 0 Å². The maximum atomic E-state index is 11.7. The van der Waals surface area contributed by atoms with Crippen LogP contribution in [-0.4, -0.2) is 64.3 Å². The van der Waals surface area contributed by atoms with Crippen LogP contribution in [0.3, 0.4) is 0 Å². The summed E-state index contributed by atoms with van der Waals surface area (Å²) < 4.78 is 50.6. The van der Waals surface area contributed by atoms with Crippen molar-refractivity contribution in [2.24, 2.45) is 0 Å². The van der Waals surface area contributed by atoms with E-state index < -0.39 is 65.9 Å². The van der Waals surface area contributed by atoms with Crippen LogP contribution in [-0.2, 0) is 31.6 Å². The summed E-state index contributed by atoms with van der Waals surface area (Å²) in [6.45, 7) is -1.05. The SMILES string of the molecule is O=c1ccn([C@@H]2O[C@H](COP(=O)(O)OP(=O)(O)O[32P](=O)(O)O)[C@@H](O)[C@H]2O)c(=O)[nH]1. The number of phosphoric acid groups is 3. The van der Waals surface area contributed by atoms with E-state index in [-0.39, 0.29) is 0 Å². The second-order valence-electron chi connectivity index (χ2n) is 5.45. The van der Waals surface area contributed by atoms with E-state index >= 15 is 0 Å². The zero-order valence-electron chi connectivity index (χ0n) is 13.8. The highest BCUT2D eigenvalue weighted by Crippen LogP contribution is 2.66. The highest BCUT2D eigenvalue weighted by Gasteiger charge is 2.46. The summed E-state index contributed by atoms with van der Waals surface area (Å²) in [5, 5.41) is 19.9. The lowest BCUT2D eigenvalue weighted by atomic mass is 10.1. The molecular weight excluding hydrogens is 470 g/mol. The molecule has 2 rings (SSSR count). The normalized spacial score (nSPS) is 29.3. The fraction of sp³-hybridized carbons (Fsp3) is 0.556.